The van der Waals surface area contributed by atoms with Gasteiger partial charge in [0, 0.05) is 5.56 Å². The standard InChI is InChI=1S/C11H12BrNO3/c1-6(13)10(14)7-4-8(12)11-9(5-7)15-2-3-16-11/h4-6H,2-3,13H2,1H3. The lowest BCUT2D eigenvalue weighted by Crippen LogP contribution is -2.27. The smallest absolute Gasteiger partial charge is 0.179 e. The molecular weight excluding hydrogens is 274 g/mol. The van der Waals surface area contributed by atoms with Crippen molar-refractivity contribution in [2.24, 2.45) is 5.73 Å². The molecule has 5 heteroatoms. The molecule has 2 N–H and O–H groups in total. The van der Waals surface area contributed by atoms with E-state index in [1.807, 2.05) is 0 Å². The van der Waals surface area contributed by atoms with E-state index < -0.39 is 6.04 Å². The molecule has 0 bridgehead atoms. The van der Waals surface area contributed by atoms with Crippen LogP contribution in [0.15, 0.2) is 16.6 Å². The average Bonchev–Trinajstić information content (AvgIpc) is 2.28. The van der Waals surface area contributed by atoms with Crippen molar-refractivity contribution in [2.75, 3.05) is 13.2 Å². The zero-order chi connectivity index (χ0) is 11.7. The Bertz CT molecular complexity index is 431. The highest BCUT2D eigenvalue weighted by atomic mass is 79.9. The van der Waals surface area contributed by atoms with Crippen molar-refractivity contribution in [1.82, 2.24) is 0 Å². The molecule has 4 nitrogen and oxygen atoms in total. The normalized spacial score (nSPS) is 15.7. The van der Waals surface area contributed by atoms with E-state index in [-0.39, 0.29) is 5.78 Å². The molecule has 16 heavy (non-hydrogen) atoms. The molecule has 0 saturated carbocycles. The summed E-state index contributed by atoms with van der Waals surface area (Å²) in [6.07, 6.45) is 0. The van der Waals surface area contributed by atoms with Crippen molar-refractivity contribution in [2.45, 2.75) is 13.0 Å². The van der Waals surface area contributed by atoms with Crippen LogP contribution in [0.1, 0.15) is 17.3 Å². The highest BCUT2D eigenvalue weighted by Crippen LogP contribution is 2.38. The van der Waals surface area contributed by atoms with Gasteiger partial charge in [0.25, 0.3) is 0 Å². The largest absolute Gasteiger partial charge is 0.486 e. The lowest BCUT2D eigenvalue weighted by Gasteiger charge is -2.20. The molecule has 1 aromatic rings. The Labute approximate surface area is 102 Å². The molecule has 1 unspecified atom stereocenters. The summed E-state index contributed by atoms with van der Waals surface area (Å²) >= 11 is 3.35. The number of benzene rings is 1. The van der Waals surface area contributed by atoms with Crippen molar-refractivity contribution in [1.29, 1.82) is 0 Å². The molecule has 0 fully saturated rings. The van der Waals surface area contributed by atoms with Crippen LogP contribution in [-0.2, 0) is 0 Å². The van der Waals surface area contributed by atoms with Gasteiger partial charge in [-0.1, -0.05) is 0 Å². The molecule has 0 aromatic heterocycles. The average molecular weight is 286 g/mol. The fourth-order valence-corrected chi connectivity index (χ4v) is 2.07. The van der Waals surface area contributed by atoms with Crippen LogP contribution >= 0.6 is 15.9 Å². The number of carbonyl (C=O) groups is 1. The Morgan fingerprint density at radius 3 is 2.81 bits per heavy atom. The topological polar surface area (TPSA) is 61.6 Å². The summed E-state index contributed by atoms with van der Waals surface area (Å²) in [6.45, 7) is 2.68. The van der Waals surface area contributed by atoms with Crippen LogP contribution in [0.2, 0.25) is 0 Å². The predicted octanol–water partition coefficient (Wildman–Crippen LogP) is 1.75. The van der Waals surface area contributed by atoms with Gasteiger partial charge in [-0.25, -0.2) is 0 Å². The van der Waals surface area contributed by atoms with Gasteiger partial charge >= 0.3 is 0 Å². The number of Topliss-reactive ketones (excluding diaryl/α,β-unsaturated/α-hetero) is 1. The molecule has 86 valence electrons. The van der Waals surface area contributed by atoms with Crippen molar-refractivity contribution >= 4 is 21.7 Å². The molecule has 0 amide bonds. The number of ketones is 1. The summed E-state index contributed by atoms with van der Waals surface area (Å²) in [5, 5.41) is 0. The quantitative estimate of drug-likeness (QED) is 0.841. The Morgan fingerprint density at radius 1 is 1.44 bits per heavy atom. The monoisotopic (exact) mass is 285 g/mol. The minimum Gasteiger partial charge on any atom is -0.486 e. The molecule has 0 aliphatic carbocycles. The third-order valence-corrected chi connectivity index (χ3v) is 2.88. The molecule has 0 spiro atoms. The zero-order valence-electron chi connectivity index (χ0n) is 8.83. The van der Waals surface area contributed by atoms with Crippen molar-refractivity contribution in [3.8, 4) is 11.5 Å². The van der Waals surface area contributed by atoms with Crippen molar-refractivity contribution in [3.63, 3.8) is 0 Å². The van der Waals surface area contributed by atoms with Gasteiger partial charge in [0.15, 0.2) is 17.3 Å². The lowest BCUT2D eigenvalue weighted by atomic mass is 10.1. The second-order valence-corrected chi connectivity index (χ2v) is 4.49. The Morgan fingerprint density at radius 2 is 2.12 bits per heavy atom. The van der Waals surface area contributed by atoms with Crippen molar-refractivity contribution < 1.29 is 14.3 Å². The molecule has 1 aliphatic heterocycles. The second kappa shape index (κ2) is 4.43. The molecule has 2 rings (SSSR count). The maximum atomic E-state index is 11.7. The summed E-state index contributed by atoms with van der Waals surface area (Å²) in [7, 11) is 0. The van der Waals surface area contributed by atoms with E-state index in [1.54, 1.807) is 19.1 Å². The molecule has 1 atom stereocenters. The fourth-order valence-electron chi connectivity index (χ4n) is 1.52. The number of fused-ring (bicyclic) bond motifs is 1. The number of ether oxygens (including phenoxy) is 2. The van der Waals surface area contributed by atoms with E-state index in [9.17, 15) is 4.79 Å². The minimum atomic E-state index is -0.519. The molecule has 1 aromatic carbocycles. The predicted molar refractivity (Wildman–Crippen MR) is 63.1 cm³/mol. The van der Waals surface area contributed by atoms with Crippen LogP contribution in [0.25, 0.3) is 0 Å². The van der Waals surface area contributed by atoms with Gasteiger partial charge < -0.3 is 15.2 Å². The SMILES string of the molecule is CC(N)C(=O)c1cc(Br)c2c(c1)OCCO2. The number of rotatable bonds is 2. The Hall–Kier alpha value is -1.07. The van der Waals surface area contributed by atoms with Crippen LogP contribution in [0.4, 0.5) is 0 Å². The van der Waals surface area contributed by atoms with E-state index in [0.29, 0.717) is 34.7 Å². The summed E-state index contributed by atoms with van der Waals surface area (Å²) in [6, 6.07) is 2.86. The van der Waals surface area contributed by atoms with Gasteiger partial charge in [0.05, 0.1) is 10.5 Å². The van der Waals surface area contributed by atoms with Gasteiger partial charge in [-0.15, -0.1) is 0 Å². The highest BCUT2D eigenvalue weighted by Gasteiger charge is 2.20. The van der Waals surface area contributed by atoms with Crippen molar-refractivity contribution in [3.05, 3.63) is 22.2 Å². The first-order valence-electron chi connectivity index (χ1n) is 4.98. The van der Waals surface area contributed by atoms with E-state index >= 15 is 0 Å². The van der Waals surface area contributed by atoms with E-state index in [0.717, 1.165) is 0 Å². The summed E-state index contributed by atoms with van der Waals surface area (Å²) in [4.78, 5) is 11.7. The third-order valence-electron chi connectivity index (χ3n) is 2.29. The van der Waals surface area contributed by atoms with Gasteiger partial charge in [-0.05, 0) is 35.0 Å². The number of halogens is 1. The first-order chi connectivity index (χ1) is 7.59. The zero-order valence-corrected chi connectivity index (χ0v) is 10.4. The summed E-state index contributed by atoms with van der Waals surface area (Å²) in [5.74, 6) is 1.12. The minimum absolute atomic E-state index is 0.113. The Balaban J connectivity index is 2.43. The highest BCUT2D eigenvalue weighted by molar-refractivity contribution is 9.10. The number of carbonyl (C=O) groups excluding carboxylic acids is 1. The molecule has 1 heterocycles. The third kappa shape index (κ3) is 2.05. The van der Waals surface area contributed by atoms with Gasteiger partial charge in [0.1, 0.15) is 13.2 Å². The number of hydrogen-bond acceptors (Lipinski definition) is 4. The molecule has 0 saturated heterocycles. The lowest BCUT2D eigenvalue weighted by molar-refractivity contribution is 0.0966. The second-order valence-electron chi connectivity index (χ2n) is 3.64. The van der Waals surface area contributed by atoms with Crippen LogP contribution in [0.5, 0.6) is 11.5 Å². The van der Waals surface area contributed by atoms with E-state index in [1.165, 1.54) is 0 Å². The Kier molecular flexibility index (Phi) is 3.16. The number of hydrogen-bond donors (Lipinski definition) is 1. The maximum absolute atomic E-state index is 11.7. The summed E-state index contributed by atoms with van der Waals surface area (Å²) in [5.41, 5.74) is 6.09. The van der Waals surface area contributed by atoms with Gasteiger partial charge in [0.2, 0.25) is 0 Å². The molecule has 0 radical (unpaired) electrons. The van der Waals surface area contributed by atoms with Gasteiger partial charge in [-0.3, -0.25) is 4.79 Å². The molecule has 1 aliphatic rings. The van der Waals surface area contributed by atoms with Crippen LogP contribution in [0, 0.1) is 0 Å². The van der Waals surface area contributed by atoms with E-state index in [2.05, 4.69) is 15.9 Å². The maximum Gasteiger partial charge on any atom is 0.179 e. The fraction of sp³-hybridized carbons (Fsp3) is 0.364. The summed E-state index contributed by atoms with van der Waals surface area (Å²) < 4.78 is 11.6. The molecular formula is C11H12BrNO3. The van der Waals surface area contributed by atoms with Crippen LogP contribution in [0.3, 0.4) is 0 Å². The van der Waals surface area contributed by atoms with Gasteiger partial charge in [-0.2, -0.15) is 0 Å². The van der Waals surface area contributed by atoms with E-state index in [4.69, 9.17) is 15.2 Å². The van der Waals surface area contributed by atoms with Crippen LogP contribution in [-0.4, -0.2) is 25.0 Å². The van der Waals surface area contributed by atoms with Crippen LogP contribution < -0.4 is 15.2 Å². The first kappa shape index (κ1) is 11.4. The first-order valence-corrected chi connectivity index (χ1v) is 5.78. The number of nitrogens with two attached hydrogens (primary N) is 1.